The highest BCUT2D eigenvalue weighted by atomic mass is 16.5. The molecule has 0 aliphatic carbocycles. The fourth-order valence-electron chi connectivity index (χ4n) is 2.27. The van der Waals surface area contributed by atoms with Crippen molar-refractivity contribution in [3.63, 3.8) is 0 Å². The Labute approximate surface area is 103 Å². The van der Waals surface area contributed by atoms with E-state index in [-0.39, 0.29) is 0 Å². The molecule has 0 spiro atoms. The molecular weight excluding hydrogens is 214 g/mol. The average molecular weight is 235 g/mol. The van der Waals surface area contributed by atoms with Crippen molar-refractivity contribution in [2.45, 2.75) is 32.8 Å². The van der Waals surface area contributed by atoms with Gasteiger partial charge in [-0.1, -0.05) is 6.92 Å². The van der Waals surface area contributed by atoms with Crippen LogP contribution < -0.4 is 14.8 Å². The third-order valence-electron chi connectivity index (χ3n) is 3.12. The van der Waals surface area contributed by atoms with Gasteiger partial charge in [0.15, 0.2) is 0 Å². The summed E-state index contributed by atoms with van der Waals surface area (Å²) in [6, 6.07) is 4.26. The van der Waals surface area contributed by atoms with Crippen LogP contribution in [0, 0.1) is 0 Å². The monoisotopic (exact) mass is 235 g/mol. The number of likely N-dealkylation sites (N-methyl/N-ethyl adjacent to an activating group) is 1. The van der Waals surface area contributed by atoms with Gasteiger partial charge in [-0.2, -0.15) is 0 Å². The summed E-state index contributed by atoms with van der Waals surface area (Å²) < 4.78 is 11.2. The summed E-state index contributed by atoms with van der Waals surface area (Å²) in [5.74, 6) is 2.02. The zero-order chi connectivity index (χ0) is 12.3. The minimum Gasteiger partial charge on any atom is -0.496 e. The number of ether oxygens (including phenoxy) is 2. The number of benzene rings is 1. The molecule has 0 amide bonds. The van der Waals surface area contributed by atoms with E-state index in [0.717, 1.165) is 37.4 Å². The van der Waals surface area contributed by atoms with Crippen LogP contribution in [0.5, 0.6) is 11.5 Å². The maximum Gasteiger partial charge on any atom is 0.123 e. The van der Waals surface area contributed by atoms with Gasteiger partial charge >= 0.3 is 0 Å². The van der Waals surface area contributed by atoms with Crippen LogP contribution in [-0.2, 0) is 12.8 Å². The van der Waals surface area contributed by atoms with Gasteiger partial charge in [-0.05, 0) is 44.1 Å². The molecule has 94 valence electrons. The van der Waals surface area contributed by atoms with E-state index in [0.29, 0.717) is 6.10 Å². The van der Waals surface area contributed by atoms with Crippen molar-refractivity contribution in [2.75, 3.05) is 20.2 Å². The van der Waals surface area contributed by atoms with Crippen LogP contribution >= 0.6 is 0 Å². The van der Waals surface area contributed by atoms with E-state index in [1.165, 1.54) is 11.1 Å². The van der Waals surface area contributed by atoms with Crippen molar-refractivity contribution in [3.8, 4) is 11.5 Å². The fraction of sp³-hybridized carbons (Fsp3) is 0.571. The molecule has 1 heterocycles. The van der Waals surface area contributed by atoms with Crippen LogP contribution in [0.2, 0.25) is 0 Å². The van der Waals surface area contributed by atoms with E-state index in [4.69, 9.17) is 9.47 Å². The average Bonchev–Trinajstić information content (AvgIpc) is 2.67. The van der Waals surface area contributed by atoms with Crippen molar-refractivity contribution in [1.82, 2.24) is 5.32 Å². The number of hydrogen-bond acceptors (Lipinski definition) is 3. The lowest BCUT2D eigenvalue weighted by Gasteiger charge is -2.11. The molecule has 0 aromatic heterocycles. The standard InChI is InChI=1S/C14H21NO2/c1-4-15-6-5-11-8-14-12(7-10(2)17-14)9-13(11)16-3/h8-10,15H,4-7H2,1-3H3. The molecule has 1 aromatic rings. The molecule has 2 rings (SSSR count). The van der Waals surface area contributed by atoms with Crippen molar-refractivity contribution in [1.29, 1.82) is 0 Å². The molecule has 0 saturated heterocycles. The van der Waals surface area contributed by atoms with Crippen molar-refractivity contribution in [2.24, 2.45) is 0 Å². The molecule has 3 heteroatoms. The molecular formula is C14H21NO2. The third-order valence-corrected chi connectivity index (χ3v) is 3.12. The lowest BCUT2D eigenvalue weighted by atomic mass is 10.0. The molecule has 1 unspecified atom stereocenters. The third kappa shape index (κ3) is 2.72. The summed E-state index contributed by atoms with van der Waals surface area (Å²) >= 11 is 0. The van der Waals surface area contributed by atoms with E-state index in [2.05, 4.69) is 31.3 Å². The lowest BCUT2D eigenvalue weighted by molar-refractivity contribution is 0.254. The van der Waals surface area contributed by atoms with Gasteiger partial charge in [0.1, 0.15) is 17.6 Å². The second-order valence-electron chi connectivity index (χ2n) is 4.51. The molecule has 1 N–H and O–H groups in total. The van der Waals surface area contributed by atoms with Gasteiger partial charge in [-0.3, -0.25) is 0 Å². The molecule has 1 aromatic carbocycles. The number of nitrogens with one attached hydrogen (secondary N) is 1. The van der Waals surface area contributed by atoms with Gasteiger partial charge in [-0.25, -0.2) is 0 Å². The summed E-state index contributed by atoms with van der Waals surface area (Å²) in [6.07, 6.45) is 2.25. The molecule has 0 saturated carbocycles. The van der Waals surface area contributed by atoms with Crippen LogP contribution in [-0.4, -0.2) is 26.3 Å². The van der Waals surface area contributed by atoms with Crippen LogP contribution in [0.1, 0.15) is 25.0 Å². The first-order chi connectivity index (χ1) is 8.24. The maximum absolute atomic E-state index is 5.78. The number of rotatable bonds is 5. The number of methoxy groups -OCH3 is 1. The number of fused-ring (bicyclic) bond motifs is 1. The van der Waals surface area contributed by atoms with Gasteiger partial charge in [0, 0.05) is 12.0 Å². The Hall–Kier alpha value is -1.22. The number of hydrogen-bond donors (Lipinski definition) is 1. The molecule has 17 heavy (non-hydrogen) atoms. The molecule has 0 bridgehead atoms. The predicted octanol–water partition coefficient (Wildman–Crippen LogP) is 2.17. The Balaban J connectivity index is 2.17. The topological polar surface area (TPSA) is 30.5 Å². The summed E-state index contributed by atoms with van der Waals surface area (Å²) in [5, 5.41) is 3.33. The zero-order valence-corrected chi connectivity index (χ0v) is 10.9. The van der Waals surface area contributed by atoms with E-state index in [1.54, 1.807) is 7.11 Å². The molecule has 0 radical (unpaired) electrons. The van der Waals surface area contributed by atoms with Gasteiger partial charge < -0.3 is 14.8 Å². The second-order valence-corrected chi connectivity index (χ2v) is 4.51. The van der Waals surface area contributed by atoms with Crippen LogP contribution in [0.4, 0.5) is 0 Å². The summed E-state index contributed by atoms with van der Waals surface area (Å²) in [4.78, 5) is 0. The quantitative estimate of drug-likeness (QED) is 0.793. The van der Waals surface area contributed by atoms with Gasteiger partial charge in [0.2, 0.25) is 0 Å². The Morgan fingerprint density at radius 1 is 1.47 bits per heavy atom. The summed E-state index contributed by atoms with van der Waals surface area (Å²) in [5.41, 5.74) is 2.49. The SMILES string of the molecule is CCNCCc1cc2c(cc1OC)CC(C)O2. The van der Waals surface area contributed by atoms with E-state index in [9.17, 15) is 0 Å². The molecule has 1 aliphatic heterocycles. The highest BCUT2D eigenvalue weighted by Gasteiger charge is 2.21. The molecule has 1 atom stereocenters. The lowest BCUT2D eigenvalue weighted by Crippen LogP contribution is -2.16. The van der Waals surface area contributed by atoms with E-state index in [1.807, 2.05) is 0 Å². The highest BCUT2D eigenvalue weighted by Crippen LogP contribution is 2.35. The van der Waals surface area contributed by atoms with Gasteiger partial charge in [0.05, 0.1) is 7.11 Å². The molecule has 1 aliphatic rings. The van der Waals surface area contributed by atoms with Crippen LogP contribution in [0.3, 0.4) is 0 Å². The first-order valence-corrected chi connectivity index (χ1v) is 6.31. The van der Waals surface area contributed by atoms with Crippen molar-refractivity contribution >= 4 is 0 Å². The fourth-order valence-corrected chi connectivity index (χ4v) is 2.27. The Morgan fingerprint density at radius 3 is 3.00 bits per heavy atom. The zero-order valence-electron chi connectivity index (χ0n) is 10.9. The first-order valence-electron chi connectivity index (χ1n) is 6.31. The smallest absolute Gasteiger partial charge is 0.123 e. The molecule has 3 nitrogen and oxygen atoms in total. The Bertz CT molecular complexity index is 390. The van der Waals surface area contributed by atoms with Crippen molar-refractivity contribution in [3.05, 3.63) is 23.3 Å². The second kappa shape index (κ2) is 5.41. The molecule has 0 fully saturated rings. The van der Waals surface area contributed by atoms with E-state index < -0.39 is 0 Å². The minimum absolute atomic E-state index is 0.290. The first kappa shape index (κ1) is 12.2. The van der Waals surface area contributed by atoms with Crippen LogP contribution in [0.25, 0.3) is 0 Å². The predicted molar refractivity (Wildman–Crippen MR) is 69.0 cm³/mol. The van der Waals surface area contributed by atoms with Crippen LogP contribution in [0.15, 0.2) is 12.1 Å². The Morgan fingerprint density at radius 2 is 2.29 bits per heavy atom. The highest BCUT2D eigenvalue weighted by molar-refractivity contribution is 5.48. The Kier molecular flexibility index (Phi) is 3.89. The normalized spacial score (nSPS) is 17.7. The van der Waals surface area contributed by atoms with Crippen molar-refractivity contribution < 1.29 is 9.47 Å². The van der Waals surface area contributed by atoms with Gasteiger partial charge in [0.25, 0.3) is 0 Å². The van der Waals surface area contributed by atoms with E-state index >= 15 is 0 Å². The maximum atomic E-state index is 5.78. The summed E-state index contributed by atoms with van der Waals surface area (Å²) in [6.45, 7) is 6.19. The largest absolute Gasteiger partial charge is 0.496 e. The van der Waals surface area contributed by atoms with Gasteiger partial charge in [-0.15, -0.1) is 0 Å². The minimum atomic E-state index is 0.290. The summed E-state index contributed by atoms with van der Waals surface area (Å²) in [7, 11) is 1.73.